The van der Waals surface area contributed by atoms with E-state index >= 15 is 0 Å². The molecular weight excluding hydrogens is 309 g/mol. The molecule has 2 rings (SSSR count). The number of hydrogen-bond acceptors (Lipinski definition) is 3. The molecule has 1 heterocycles. The Hall–Kier alpha value is -1.49. The lowest BCUT2D eigenvalue weighted by atomic mass is 10.1. The molecule has 1 N–H and O–H groups in total. The summed E-state index contributed by atoms with van der Waals surface area (Å²) >= 11 is 3.36. The van der Waals surface area contributed by atoms with Crippen molar-refractivity contribution in [3.8, 4) is 0 Å². The number of anilines is 1. The van der Waals surface area contributed by atoms with Gasteiger partial charge in [0.25, 0.3) is 0 Å². The Morgan fingerprint density at radius 1 is 1.26 bits per heavy atom. The summed E-state index contributed by atoms with van der Waals surface area (Å²) in [5, 5.41) is 3.22. The van der Waals surface area contributed by atoms with Crippen LogP contribution in [-0.4, -0.2) is 16.5 Å². The molecular formula is C14H15BrFN3. The summed E-state index contributed by atoms with van der Waals surface area (Å²) in [6, 6.07) is 8.48. The zero-order valence-electron chi connectivity index (χ0n) is 10.7. The van der Waals surface area contributed by atoms with Crippen molar-refractivity contribution in [2.75, 3.05) is 11.9 Å². The van der Waals surface area contributed by atoms with Crippen LogP contribution in [0.1, 0.15) is 18.3 Å². The Bertz CT molecular complexity index is 560. The van der Waals surface area contributed by atoms with E-state index in [0.717, 1.165) is 34.7 Å². The van der Waals surface area contributed by atoms with Crippen molar-refractivity contribution in [1.29, 1.82) is 0 Å². The van der Waals surface area contributed by atoms with Crippen LogP contribution in [0.4, 0.5) is 10.2 Å². The third kappa shape index (κ3) is 4.28. The summed E-state index contributed by atoms with van der Waals surface area (Å²) in [6.07, 6.45) is 1.54. The Balaban J connectivity index is 1.94. The van der Waals surface area contributed by atoms with Gasteiger partial charge in [-0.25, -0.2) is 14.4 Å². The first kappa shape index (κ1) is 13.9. The zero-order valence-corrected chi connectivity index (χ0v) is 12.2. The van der Waals surface area contributed by atoms with Crippen molar-refractivity contribution in [1.82, 2.24) is 9.97 Å². The average Bonchev–Trinajstić information content (AvgIpc) is 2.38. The average molecular weight is 324 g/mol. The molecule has 0 radical (unpaired) electrons. The van der Waals surface area contributed by atoms with Crippen LogP contribution in [0.3, 0.4) is 0 Å². The summed E-state index contributed by atoms with van der Waals surface area (Å²) < 4.78 is 13.8. The minimum Gasteiger partial charge on any atom is -0.370 e. The summed E-state index contributed by atoms with van der Waals surface area (Å²) in [5.41, 5.74) is 0.969. The highest BCUT2D eigenvalue weighted by atomic mass is 79.9. The number of nitrogens with zero attached hydrogens (tertiary/aromatic N) is 2. The van der Waals surface area contributed by atoms with E-state index in [9.17, 15) is 4.39 Å². The number of nitrogens with one attached hydrogen (secondary N) is 1. The largest absolute Gasteiger partial charge is 0.370 e. The fourth-order valence-corrected chi connectivity index (χ4v) is 2.16. The van der Waals surface area contributed by atoms with Gasteiger partial charge in [0.15, 0.2) is 0 Å². The van der Waals surface area contributed by atoms with Crippen LogP contribution >= 0.6 is 15.9 Å². The molecule has 0 atom stereocenters. The molecule has 0 aliphatic heterocycles. The maximum absolute atomic E-state index is 13.0. The molecule has 1 aromatic heterocycles. The molecule has 0 fully saturated rings. The van der Waals surface area contributed by atoms with Gasteiger partial charge in [0.1, 0.15) is 22.1 Å². The van der Waals surface area contributed by atoms with E-state index in [0.29, 0.717) is 6.54 Å². The van der Waals surface area contributed by atoms with E-state index in [1.165, 1.54) is 6.07 Å². The van der Waals surface area contributed by atoms with Crippen molar-refractivity contribution in [3.63, 3.8) is 0 Å². The lowest BCUT2D eigenvalue weighted by molar-refractivity contribution is 0.625. The molecule has 0 bridgehead atoms. The maximum Gasteiger partial charge on any atom is 0.131 e. The minimum absolute atomic E-state index is 0.199. The third-order valence-corrected chi connectivity index (χ3v) is 3.07. The van der Waals surface area contributed by atoms with Crippen molar-refractivity contribution in [2.45, 2.75) is 19.8 Å². The van der Waals surface area contributed by atoms with Crippen molar-refractivity contribution in [3.05, 3.63) is 52.1 Å². The number of halogens is 2. The summed E-state index contributed by atoms with van der Waals surface area (Å²) in [6.45, 7) is 2.72. The first-order chi connectivity index (χ1) is 9.17. The van der Waals surface area contributed by atoms with Crippen molar-refractivity contribution >= 4 is 21.7 Å². The third-order valence-electron chi connectivity index (χ3n) is 2.67. The SMILES string of the molecule is CCc1nc(Br)cc(NCCc2cccc(F)c2)n1. The quantitative estimate of drug-likeness (QED) is 0.854. The van der Waals surface area contributed by atoms with Gasteiger partial charge in [-0.3, -0.25) is 0 Å². The predicted molar refractivity (Wildman–Crippen MR) is 77.7 cm³/mol. The van der Waals surface area contributed by atoms with E-state index in [4.69, 9.17) is 0 Å². The standard InChI is InChI=1S/C14H15BrFN3/c1-2-13-18-12(15)9-14(19-13)17-7-6-10-4-3-5-11(16)8-10/h3-5,8-9H,2,6-7H2,1H3,(H,17,18,19). The number of aromatic nitrogens is 2. The highest BCUT2D eigenvalue weighted by Crippen LogP contribution is 2.13. The molecule has 0 saturated carbocycles. The van der Waals surface area contributed by atoms with Crippen molar-refractivity contribution in [2.24, 2.45) is 0 Å². The highest BCUT2D eigenvalue weighted by Gasteiger charge is 2.01. The van der Waals surface area contributed by atoms with Crippen LogP contribution in [0.2, 0.25) is 0 Å². The molecule has 0 aliphatic carbocycles. The van der Waals surface area contributed by atoms with Crippen LogP contribution < -0.4 is 5.32 Å². The molecule has 0 saturated heterocycles. The molecule has 1 aromatic carbocycles. The Labute approximate surface area is 120 Å². The van der Waals surface area contributed by atoms with E-state index in [-0.39, 0.29) is 5.82 Å². The first-order valence-corrected chi connectivity index (χ1v) is 6.98. The molecule has 3 nitrogen and oxygen atoms in total. The van der Waals surface area contributed by atoms with Gasteiger partial charge in [-0.05, 0) is 40.0 Å². The fourth-order valence-electron chi connectivity index (χ4n) is 1.74. The Morgan fingerprint density at radius 3 is 2.84 bits per heavy atom. The predicted octanol–water partition coefficient (Wildman–Crippen LogP) is 3.60. The number of hydrogen-bond donors (Lipinski definition) is 1. The molecule has 19 heavy (non-hydrogen) atoms. The van der Waals surface area contributed by atoms with E-state index in [1.54, 1.807) is 12.1 Å². The fraction of sp³-hybridized carbons (Fsp3) is 0.286. The maximum atomic E-state index is 13.0. The molecule has 100 valence electrons. The molecule has 0 amide bonds. The number of benzene rings is 1. The molecule has 0 unspecified atom stereocenters. The van der Waals surface area contributed by atoms with E-state index < -0.39 is 0 Å². The first-order valence-electron chi connectivity index (χ1n) is 6.19. The lowest BCUT2D eigenvalue weighted by Gasteiger charge is -2.07. The number of aryl methyl sites for hydroxylation is 1. The topological polar surface area (TPSA) is 37.8 Å². The van der Waals surface area contributed by atoms with Crippen LogP contribution in [0, 0.1) is 5.82 Å². The highest BCUT2D eigenvalue weighted by molar-refractivity contribution is 9.10. The molecule has 5 heteroatoms. The summed E-state index contributed by atoms with van der Waals surface area (Å²) in [7, 11) is 0. The van der Waals surface area contributed by atoms with Gasteiger partial charge in [-0.15, -0.1) is 0 Å². The van der Waals surface area contributed by atoms with Gasteiger partial charge in [-0.1, -0.05) is 19.1 Å². The van der Waals surface area contributed by atoms with Gasteiger partial charge >= 0.3 is 0 Å². The second kappa shape index (κ2) is 6.61. The second-order valence-corrected chi connectivity index (χ2v) is 4.96. The summed E-state index contributed by atoms with van der Waals surface area (Å²) in [5.74, 6) is 1.38. The van der Waals surface area contributed by atoms with E-state index in [1.807, 2.05) is 19.1 Å². The monoisotopic (exact) mass is 323 g/mol. The van der Waals surface area contributed by atoms with Gasteiger partial charge in [-0.2, -0.15) is 0 Å². The smallest absolute Gasteiger partial charge is 0.131 e. The van der Waals surface area contributed by atoms with Crippen LogP contribution in [0.5, 0.6) is 0 Å². The van der Waals surface area contributed by atoms with Crippen molar-refractivity contribution < 1.29 is 4.39 Å². The van der Waals surface area contributed by atoms with E-state index in [2.05, 4.69) is 31.2 Å². The minimum atomic E-state index is -0.199. The van der Waals surface area contributed by atoms with Gasteiger partial charge < -0.3 is 5.32 Å². The molecule has 0 spiro atoms. The van der Waals surface area contributed by atoms with Gasteiger partial charge in [0.05, 0.1) is 0 Å². The van der Waals surface area contributed by atoms with Crippen LogP contribution in [-0.2, 0) is 12.8 Å². The normalized spacial score (nSPS) is 10.5. The van der Waals surface area contributed by atoms with Crippen LogP contribution in [0.25, 0.3) is 0 Å². The van der Waals surface area contributed by atoms with Gasteiger partial charge in [0.2, 0.25) is 0 Å². The second-order valence-electron chi connectivity index (χ2n) is 4.15. The number of rotatable bonds is 5. The van der Waals surface area contributed by atoms with Crippen LogP contribution in [0.15, 0.2) is 34.9 Å². The lowest BCUT2D eigenvalue weighted by Crippen LogP contribution is -2.08. The Morgan fingerprint density at radius 2 is 2.11 bits per heavy atom. The Kier molecular flexibility index (Phi) is 4.85. The molecule has 2 aromatic rings. The molecule has 0 aliphatic rings. The summed E-state index contributed by atoms with van der Waals surface area (Å²) in [4.78, 5) is 8.62. The van der Waals surface area contributed by atoms with Gasteiger partial charge in [0, 0.05) is 19.0 Å². The zero-order chi connectivity index (χ0) is 13.7.